The van der Waals surface area contributed by atoms with Gasteiger partial charge in [0.25, 0.3) is 5.91 Å². The fourth-order valence-corrected chi connectivity index (χ4v) is 10.3. The van der Waals surface area contributed by atoms with Gasteiger partial charge in [-0.05, 0) is 91.2 Å². The van der Waals surface area contributed by atoms with Crippen molar-refractivity contribution in [2.45, 2.75) is 141 Å². The lowest BCUT2D eigenvalue weighted by molar-refractivity contribution is -0.296. The Balaban J connectivity index is 1.48. The maximum atomic E-state index is 14.5. The van der Waals surface area contributed by atoms with Crippen molar-refractivity contribution in [3.05, 3.63) is 41.4 Å². The number of carbonyl (C=O) groups is 3. The Kier molecular flexibility index (Phi) is 14.5. The van der Waals surface area contributed by atoms with Gasteiger partial charge in [-0.25, -0.2) is 4.99 Å². The Labute approximate surface area is 356 Å². The van der Waals surface area contributed by atoms with Crippen LogP contribution in [0.2, 0.25) is 0 Å². The minimum Gasteiger partial charge on any atom is -0.459 e. The molecule has 2 aromatic heterocycles. The number of hydrogen-bond donors (Lipinski definition) is 2. The molecular formula is C44H62N4O11S. The van der Waals surface area contributed by atoms with Gasteiger partial charge in [0.15, 0.2) is 12.1 Å². The number of oxime groups is 1. The molecule has 3 saturated heterocycles. The number of Topliss-reactive ketones (excluding diaryl/α,β-unsaturated/α-hetero) is 1. The zero-order valence-corrected chi connectivity index (χ0v) is 37.2. The van der Waals surface area contributed by atoms with E-state index in [2.05, 4.69) is 10.1 Å². The molecule has 4 aliphatic rings. The van der Waals surface area contributed by atoms with Crippen molar-refractivity contribution in [3.63, 3.8) is 0 Å². The van der Waals surface area contributed by atoms with E-state index in [0.29, 0.717) is 12.1 Å². The number of hydrogen-bond acceptors (Lipinski definition) is 15. The molecule has 4 aliphatic heterocycles. The summed E-state index contributed by atoms with van der Waals surface area (Å²) in [6.45, 7) is 13.5. The lowest BCUT2D eigenvalue weighted by Gasteiger charge is -2.47. The summed E-state index contributed by atoms with van der Waals surface area (Å²) >= 11 is 1.49. The Morgan fingerprint density at radius 1 is 1.02 bits per heavy atom. The highest BCUT2D eigenvalue weighted by molar-refractivity contribution is 7.15. The molecule has 2 N–H and O–H groups in total. The highest BCUT2D eigenvalue weighted by atomic mass is 32.1. The monoisotopic (exact) mass is 854 g/mol. The summed E-state index contributed by atoms with van der Waals surface area (Å²) in [5.74, 6) is -5.41. The van der Waals surface area contributed by atoms with Crippen LogP contribution in [0.25, 0.3) is 10.6 Å². The second kappa shape index (κ2) is 18.9. The van der Waals surface area contributed by atoms with E-state index in [1.54, 1.807) is 20.0 Å². The third-order valence-electron chi connectivity index (χ3n) is 12.6. The Morgan fingerprint density at radius 3 is 2.45 bits per heavy atom. The van der Waals surface area contributed by atoms with E-state index < -0.39 is 89.3 Å². The van der Waals surface area contributed by atoms with Gasteiger partial charge in [0, 0.05) is 41.1 Å². The predicted octanol–water partition coefficient (Wildman–Crippen LogP) is 4.65. The smallest absolute Gasteiger partial charge is 0.316 e. The number of rotatable bonds is 7. The molecule has 0 aromatic carbocycles. The van der Waals surface area contributed by atoms with E-state index >= 15 is 0 Å². The first-order valence-electron chi connectivity index (χ1n) is 21.1. The maximum Gasteiger partial charge on any atom is 0.316 e. The van der Waals surface area contributed by atoms with Gasteiger partial charge in [-0.3, -0.25) is 19.4 Å². The van der Waals surface area contributed by atoms with Crippen LogP contribution in [-0.2, 0) is 49.3 Å². The molecule has 16 heteroatoms. The number of aliphatic hydroxyl groups excluding tert-OH is 1. The van der Waals surface area contributed by atoms with Gasteiger partial charge in [-0.1, -0.05) is 38.9 Å². The first-order chi connectivity index (χ1) is 28.3. The van der Waals surface area contributed by atoms with E-state index in [-0.39, 0.29) is 50.3 Å². The Bertz CT molecular complexity index is 1900. The van der Waals surface area contributed by atoms with E-state index in [4.69, 9.17) is 33.5 Å². The average Bonchev–Trinajstić information content (AvgIpc) is 3.67. The molecule has 0 aliphatic carbocycles. The molecule has 4 bridgehead atoms. The minimum atomic E-state index is -1.83. The van der Waals surface area contributed by atoms with Crippen molar-refractivity contribution in [1.82, 2.24) is 9.88 Å². The van der Waals surface area contributed by atoms with Crippen LogP contribution < -0.4 is 0 Å². The summed E-state index contributed by atoms with van der Waals surface area (Å²) < 4.78 is 32.5. The predicted molar refractivity (Wildman–Crippen MR) is 224 cm³/mol. The molecule has 3 fully saturated rings. The lowest BCUT2D eigenvalue weighted by Crippen LogP contribution is -2.60. The van der Waals surface area contributed by atoms with Crippen molar-refractivity contribution in [2.24, 2.45) is 33.8 Å². The lowest BCUT2D eigenvalue weighted by atomic mass is 9.73. The van der Waals surface area contributed by atoms with Crippen LogP contribution >= 0.6 is 11.3 Å². The second-order valence-corrected chi connectivity index (χ2v) is 18.8. The van der Waals surface area contributed by atoms with Gasteiger partial charge >= 0.3 is 5.97 Å². The van der Waals surface area contributed by atoms with Crippen LogP contribution in [0.5, 0.6) is 0 Å². The van der Waals surface area contributed by atoms with Gasteiger partial charge in [0.05, 0.1) is 47.7 Å². The van der Waals surface area contributed by atoms with Crippen molar-refractivity contribution in [3.8, 4) is 10.6 Å². The first kappa shape index (κ1) is 46.0. The van der Waals surface area contributed by atoms with Gasteiger partial charge < -0.3 is 43.6 Å². The first-order valence-corrected chi connectivity index (χ1v) is 21.9. The van der Waals surface area contributed by atoms with Crippen molar-refractivity contribution >= 4 is 40.4 Å². The Morgan fingerprint density at radius 2 is 1.77 bits per heavy atom. The van der Waals surface area contributed by atoms with Crippen LogP contribution in [0.3, 0.4) is 0 Å². The zero-order valence-electron chi connectivity index (χ0n) is 36.4. The summed E-state index contributed by atoms with van der Waals surface area (Å²) in [5, 5.41) is 28.6. The number of likely N-dealkylation sites (N-methyl/N-ethyl adjacent to an activating group) is 1. The Hall–Kier alpha value is -3.48. The number of pyridine rings is 1. The normalized spacial score (nSPS) is 39.5. The third kappa shape index (κ3) is 9.76. The van der Waals surface area contributed by atoms with Crippen LogP contribution in [0.1, 0.15) is 79.5 Å². The van der Waals surface area contributed by atoms with Crippen molar-refractivity contribution in [1.29, 1.82) is 0 Å². The number of aliphatic imine (C=N–C) groups is 1. The summed E-state index contributed by atoms with van der Waals surface area (Å²) in [5.41, 5.74) is -1.74. The zero-order chi connectivity index (χ0) is 43.7. The number of nitrogens with zero attached hydrogens (tertiary/aromatic N) is 4. The van der Waals surface area contributed by atoms with Crippen molar-refractivity contribution in [2.75, 3.05) is 27.3 Å². The van der Waals surface area contributed by atoms with E-state index in [0.717, 1.165) is 15.4 Å². The number of ketones is 1. The summed E-state index contributed by atoms with van der Waals surface area (Å²) in [6, 6.07) is 9.25. The van der Waals surface area contributed by atoms with E-state index in [1.165, 1.54) is 25.2 Å². The number of amides is 1. The largest absolute Gasteiger partial charge is 0.459 e. The highest BCUT2D eigenvalue weighted by Gasteiger charge is 2.53. The molecule has 15 nitrogen and oxygen atoms in total. The molecular weight excluding hydrogens is 793 g/mol. The topological polar surface area (TPSA) is 188 Å². The number of carbonyl (C=O) groups excluding carboxylic acids is 3. The second-order valence-electron chi connectivity index (χ2n) is 17.6. The summed E-state index contributed by atoms with van der Waals surface area (Å²) in [6.07, 6.45) is -4.18. The van der Waals surface area contributed by atoms with Gasteiger partial charge in [-0.2, -0.15) is 0 Å². The molecule has 330 valence electrons. The van der Waals surface area contributed by atoms with Crippen LogP contribution in [0.15, 0.2) is 46.7 Å². The number of fused-ring (bicyclic) bond motifs is 4. The maximum absolute atomic E-state index is 14.5. The molecule has 1 amide bonds. The van der Waals surface area contributed by atoms with Crippen LogP contribution in [0, 0.1) is 23.7 Å². The summed E-state index contributed by atoms with van der Waals surface area (Å²) in [4.78, 5) is 61.9. The average molecular weight is 855 g/mol. The molecule has 6 rings (SSSR count). The number of aromatic nitrogens is 1. The number of aliphatic hydroxyl groups is 2. The molecule has 0 radical (unpaired) electrons. The number of cyclic esters (lactones) is 1. The van der Waals surface area contributed by atoms with E-state index in [9.17, 15) is 24.6 Å². The number of ether oxygens (including phenoxy) is 5. The number of thiophene rings is 1. The SMILES string of the molecule is CC[C@H]1OC(=O)[C@H](C)C(=O)[C@H](C)[C@@H](O[C@@H]2O[C@H](C)C[C@H](N(C)C)[C@H]2O)[C@@]2(C)C[C@@H](C)C3=NC(=O)C(Cc4ccc(-c5ccccn5)s4)O/N=C(\CO[C@@H]([C@@H]3C)[C@]1(C)O)CO2. The van der Waals surface area contributed by atoms with Crippen molar-refractivity contribution < 1.29 is 53.1 Å². The van der Waals surface area contributed by atoms with Crippen LogP contribution in [0.4, 0.5) is 0 Å². The molecule has 14 atom stereocenters. The van der Waals surface area contributed by atoms with Gasteiger partial charge in [-0.15, -0.1) is 11.3 Å². The standard InChI is InChI=1S/C44H62N4O11S/c1-11-34-44(8,53)39-25(4)35-23(2)20-43(7,38(26(5)36(49)27(6)41(52)57-34)58-42-37(50)31(48(9)10)18-24(3)56-42)55-22-28(21-54-39)47-59-32(40(51)46-35)19-29-15-16-33(60-29)30-14-12-13-17-45-30/h12-17,23-27,31-32,34,37-39,42,50,53H,11,18-22H2,1-10H3/b46-35?,47-28+/t23-,24-,25-,26+,27-,31+,32?,34-,37-,38-,39+,42+,43-,44-/m1/s1. The molecule has 0 spiro atoms. The molecule has 60 heavy (non-hydrogen) atoms. The van der Waals surface area contributed by atoms with E-state index in [1.807, 2.05) is 77.0 Å². The summed E-state index contributed by atoms with van der Waals surface area (Å²) in [7, 11) is 3.74. The fourth-order valence-electron chi connectivity index (χ4n) is 9.25. The minimum absolute atomic E-state index is 0.156. The van der Waals surface area contributed by atoms with Crippen LogP contribution in [-0.4, -0.2) is 137 Å². The quantitative estimate of drug-likeness (QED) is 0.290. The molecule has 0 saturated carbocycles. The third-order valence-corrected chi connectivity index (χ3v) is 13.8. The van der Waals surface area contributed by atoms with Gasteiger partial charge in [0.2, 0.25) is 6.10 Å². The highest BCUT2D eigenvalue weighted by Crippen LogP contribution is 2.40. The van der Waals surface area contributed by atoms with Gasteiger partial charge in [0.1, 0.15) is 29.4 Å². The number of esters is 1. The fraction of sp³-hybridized carbons (Fsp3) is 0.682. The molecule has 1 unspecified atom stereocenters. The molecule has 2 aromatic rings. The molecule has 6 heterocycles.